The summed E-state index contributed by atoms with van der Waals surface area (Å²) in [6.07, 6.45) is -1.15. The molecule has 0 aliphatic rings. The van der Waals surface area contributed by atoms with Crippen LogP contribution in [0, 0.1) is 13.8 Å². The van der Waals surface area contributed by atoms with Crippen molar-refractivity contribution in [2.75, 3.05) is 20.7 Å². The van der Waals surface area contributed by atoms with Crippen LogP contribution in [0.15, 0.2) is 12.1 Å². The zero-order valence-electron chi connectivity index (χ0n) is 11.9. The van der Waals surface area contributed by atoms with Gasteiger partial charge in [-0.1, -0.05) is 6.07 Å². The van der Waals surface area contributed by atoms with Gasteiger partial charge >= 0.3 is 0 Å². The predicted molar refractivity (Wildman–Crippen MR) is 74.0 cm³/mol. The molecule has 0 aromatic heterocycles. The van der Waals surface area contributed by atoms with Crippen molar-refractivity contribution in [3.05, 3.63) is 28.8 Å². The van der Waals surface area contributed by atoms with Gasteiger partial charge in [-0.05, 0) is 31.0 Å². The maximum atomic E-state index is 11.8. The molecule has 3 N–H and O–H groups in total. The Kier molecular flexibility index (Phi) is 5.32. The summed E-state index contributed by atoms with van der Waals surface area (Å²) in [5.41, 5.74) is 8.39. The Bertz CT molecular complexity index is 460. The number of amides is 1. The van der Waals surface area contributed by atoms with Crippen molar-refractivity contribution in [2.24, 2.45) is 5.73 Å². The number of aliphatic hydroxyl groups excluding tert-OH is 1. The summed E-state index contributed by atoms with van der Waals surface area (Å²) in [6.45, 7) is 4.27. The Labute approximate surface area is 114 Å². The highest BCUT2D eigenvalue weighted by atomic mass is 16.5. The molecule has 1 unspecified atom stereocenters. The van der Waals surface area contributed by atoms with Crippen LogP contribution < -0.4 is 10.5 Å². The lowest BCUT2D eigenvalue weighted by Crippen LogP contribution is -2.40. The second kappa shape index (κ2) is 6.54. The van der Waals surface area contributed by atoms with E-state index in [1.54, 1.807) is 14.2 Å². The van der Waals surface area contributed by atoms with Crippen molar-refractivity contribution >= 4 is 5.91 Å². The number of carbonyl (C=O) groups excluding carboxylic acids is 1. The minimum absolute atomic E-state index is 0.0762. The first kappa shape index (κ1) is 15.5. The molecule has 1 aromatic carbocycles. The highest BCUT2D eigenvalue weighted by molar-refractivity contribution is 5.80. The molecular weight excluding hydrogens is 244 g/mol. The number of ether oxygens (including phenoxy) is 1. The van der Waals surface area contributed by atoms with E-state index in [0.29, 0.717) is 6.54 Å². The Balaban J connectivity index is 2.96. The first-order valence-electron chi connectivity index (χ1n) is 6.18. The zero-order chi connectivity index (χ0) is 14.6. The monoisotopic (exact) mass is 266 g/mol. The van der Waals surface area contributed by atoms with Gasteiger partial charge in [-0.2, -0.15) is 0 Å². The second-order valence-electron chi connectivity index (χ2n) is 4.71. The van der Waals surface area contributed by atoms with Crippen molar-refractivity contribution in [3.63, 3.8) is 0 Å². The van der Waals surface area contributed by atoms with E-state index < -0.39 is 6.10 Å². The van der Waals surface area contributed by atoms with E-state index in [2.05, 4.69) is 0 Å². The van der Waals surface area contributed by atoms with Crippen LogP contribution in [-0.4, -0.2) is 42.7 Å². The van der Waals surface area contributed by atoms with Crippen molar-refractivity contribution in [3.8, 4) is 5.75 Å². The molecule has 19 heavy (non-hydrogen) atoms. The molecule has 0 spiro atoms. The van der Waals surface area contributed by atoms with Crippen molar-refractivity contribution in [1.29, 1.82) is 0 Å². The third kappa shape index (κ3) is 3.68. The maximum Gasteiger partial charge on any atom is 0.252 e. The SMILES string of the molecule is COc1cc(C)cc(C)c1CN(C)C(=O)C(O)CN. The number of carbonyl (C=O) groups is 1. The first-order valence-corrected chi connectivity index (χ1v) is 6.18. The Morgan fingerprint density at radius 2 is 2.11 bits per heavy atom. The van der Waals surface area contributed by atoms with E-state index in [1.807, 2.05) is 26.0 Å². The molecule has 0 fully saturated rings. The first-order chi connectivity index (χ1) is 8.90. The number of nitrogens with zero attached hydrogens (tertiary/aromatic N) is 1. The Morgan fingerprint density at radius 3 is 2.63 bits per heavy atom. The van der Waals surface area contributed by atoms with Crippen molar-refractivity contribution in [1.82, 2.24) is 4.90 Å². The van der Waals surface area contributed by atoms with E-state index in [0.717, 1.165) is 22.4 Å². The molecule has 5 nitrogen and oxygen atoms in total. The van der Waals surface area contributed by atoms with Crippen LogP contribution >= 0.6 is 0 Å². The quantitative estimate of drug-likeness (QED) is 0.818. The van der Waals surface area contributed by atoms with E-state index in [-0.39, 0.29) is 12.5 Å². The summed E-state index contributed by atoms with van der Waals surface area (Å²) in [6, 6.07) is 3.97. The maximum absolute atomic E-state index is 11.8. The van der Waals surface area contributed by atoms with Crippen LogP contribution in [0.2, 0.25) is 0 Å². The van der Waals surface area contributed by atoms with Crippen molar-refractivity contribution < 1.29 is 14.6 Å². The molecule has 1 rings (SSSR count). The molecule has 1 atom stereocenters. The number of rotatable bonds is 5. The summed E-state index contributed by atoms with van der Waals surface area (Å²) >= 11 is 0. The Hall–Kier alpha value is -1.59. The number of likely N-dealkylation sites (N-methyl/N-ethyl adjacent to an activating group) is 1. The van der Waals surface area contributed by atoms with E-state index in [9.17, 15) is 9.90 Å². The molecule has 0 aliphatic heterocycles. The van der Waals surface area contributed by atoms with Gasteiger partial charge in [-0.25, -0.2) is 0 Å². The van der Waals surface area contributed by atoms with E-state index >= 15 is 0 Å². The van der Waals surface area contributed by atoms with E-state index in [1.165, 1.54) is 4.90 Å². The van der Waals surface area contributed by atoms with Crippen LogP contribution in [-0.2, 0) is 11.3 Å². The number of aryl methyl sites for hydroxylation is 2. The Morgan fingerprint density at radius 1 is 1.47 bits per heavy atom. The minimum atomic E-state index is -1.15. The van der Waals surface area contributed by atoms with Gasteiger partial charge in [0.05, 0.1) is 7.11 Å². The van der Waals surface area contributed by atoms with Crippen molar-refractivity contribution in [2.45, 2.75) is 26.5 Å². The molecule has 0 radical (unpaired) electrons. The van der Waals surface area contributed by atoms with Gasteiger partial charge in [0, 0.05) is 25.7 Å². The lowest BCUT2D eigenvalue weighted by atomic mass is 10.0. The van der Waals surface area contributed by atoms with E-state index in [4.69, 9.17) is 10.5 Å². The van der Waals surface area contributed by atoms with Gasteiger partial charge < -0.3 is 20.5 Å². The third-order valence-corrected chi connectivity index (χ3v) is 3.08. The highest BCUT2D eigenvalue weighted by Gasteiger charge is 2.20. The number of hydrogen-bond donors (Lipinski definition) is 2. The fourth-order valence-corrected chi connectivity index (χ4v) is 2.01. The molecule has 0 heterocycles. The largest absolute Gasteiger partial charge is 0.496 e. The fraction of sp³-hybridized carbons (Fsp3) is 0.500. The molecular formula is C14H22N2O3. The van der Waals surface area contributed by atoms with Gasteiger partial charge in [0.15, 0.2) is 0 Å². The number of aliphatic hydroxyl groups is 1. The fourth-order valence-electron chi connectivity index (χ4n) is 2.01. The van der Waals surface area contributed by atoms with Crippen LogP contribution in [0.3, 0.4) is 0 Å². The summed E-state index contributed by atoms with van der Waals surface area (Å²) in [5.74, 6) is 0.365. The number of hydrogen-bond acceptors (Lipinski definition) is 4. The van der Waals surface area contributed by atoms with Gasteiger partial charge in [-0.3, -0.25) is 4.79 Å². The van der Waals surface area contributed by atoms with Gasteiger partial charge in [0.1, 0.15) is 11.9 Å². The molecule has 1 amide bonds. The smallest absolute Gasteiger partial charge is 0.252 e. The molecule has 0 saturated heterocycles. The summed E-state index contributed by atoms with van der Waals surface area (Å²) in [4.78, 5) is 13.3. The standard InChI is InChI=1S/C14H22N2O3/c1-9-5-10(2)11(13(6-9)19-4)8-16(3)14(18)12(17)7-15/h5-6,12,17H,7-8,15H2,1-4H3. The molecule has 106 valence electrons. The van der Waals surface area contributed by atoms with Gasteiger partial charge in [0.2, 0.25) is 0 Å². The summed E-state index contributed by atoms with van der Waals surface area (Å²) < 4.78 is 5.35. The van der Waals surface area contributed by atoms with Crippen LogP contribution in [0.1, 0.15) is 16.7 Å². The number of methoxy groups -OCH3 is 1. The highest BCUT2D eigenvalue weighted by Crippen LogP contribution is 2.25. The third-order valence-electron chi connectivity index (χ3n) is 3.08. The minimum Gasteiger partial charge on any atom is -0.496 e. The predicted octanol–water partition coefficient (Wildman–Crippen LogP) is 0.590. The van der Waals surface area contributed by atoms with Crippen LogP contribution in [0.25, 0.3) is 0 Å². The summed E-state index contributed by atoms with van der Waals surface area (Å²) in [5, 5.41) is 9.47. The average molecular weight is 266 g/mol. The number of benzene rings is 1. The number of nitrogens with two attached hydrogens (primary N) is 1. The molecule has 0 saturated carbocycles. The lowest BCUT2D eigenvalue weighted by molar-refractivity contribution is -0.138. The topological polar surface area (TPSA) is 75.8 Å². The second-order valence-corrected chi connectivity index (χ2v) is 4.71. The average Bonchev–Trinajstić information content (AvgIpc) is 2.39. The zero-order valence-corrected chi connectivity index (χ0v) is 11.9. The molecule has 5 heteroatoms. The lowest BCUT2D eigenvalue weighted by Gasteiger charge is -2.22. The summed E-state index contributed by atoms with van der Waals surface area (Å²) in [7, 11) is 3.24. The molecule has 0 aliphatic carbocycles. The molecule has 1 aromatic rings. The van der Waals surface area contributed by atoms with Crippen LogP contribution in [0.5, 0.6) is 5.75 Å². The molecule has 0 bridgehead atoms. The van der Waals surface area contributed by atoms with Gasteiger partial charge in [-0.15, -0.1) is 0 Å². The normalized spacial score (nSPS) is 12.1. The van der Waals surface area contributed by atoms with Crippen LogP contribution in [0.4, 0.5) is 0 Å². The van der Waals surface area contributed by atoms with Gasteiger partial charge in [0.25, 0.3) is 5.91 Å².